The zero-order chi connectivity index (χ0) is 15.1. The number of nitrogens with zero attached hydrogens (tertiary/aromatic N) is 1. The number of ether oxygens (including phenoxy) is 3. The summed E-state index contributed by atoms with van der Waals surface area (Å²) in [5, 5.41) is 0. The largest absolute Gasteiger partial charge is 0.489 e. The third-order valence-electron chi connectivity index (χ3n) is 2.24. The van der Waals surface area contributed by atoms with E-state index in [-0.39, 0.29) is 17.9 Å². The highest BCUT2D eigenvalue weighted by atomic mass is 16.6. The molecule has 6 heteroatoms. The molecule has 0 aliphatic carbocycles. The van der Waals surface area contributed by atoms with Crippen LogP contribution >= 0.6 is 0 Å². The lowest BCUT2D eigenvalue weighted by Gasteiger charge is -2.13. The molecule has 6 nitrogen and oxygen atoms in total. The van der Waals surface area contributed by atoms with Crippen molar-refractivity contribution < 1.29 is 23.8 Å². The minimum atomic E-state index is -0.554. The van der Waals surface area contributed by atoms with Crippen LogP contribution in [-0.4, -0.2) is 44.8 Å². The first-order chi connectivity index (χ1) is 9.47. The predicted octanol–water partition coefficient (Wildman–Crippen LogP) is 2.10. The quantitative estimate of drug-likeness (QED) is 0.610. The Labute approximate surface area is 117 Å². The van der Waals surface area contributed by atoms with Crippen molar-refractivity contribution in [1.82, 2.24) is 4.90 Å². The van der Waals surface area contributed by atoms with Crippen LogP contribution < -0.4 is 9.47 Å². The van der Waals surface area contributed by atoms with Crippen LogP contribution in [0.5, 0.6) is 11.5 Å². The van der Waals surface area contributed by atoms with E-state index in [0.717, 1.165) is 0 Å². The second-order valence-electron chi connectivity index (χ2n) is 4.05. The molecule has 1 rings (SSSR count). The van der Waals surface area contributed by atoms with Crippen LogP contribution in [0.25, 0.3) is 0 Å². The van der Waals surface area contributed by atoms with Crippen molar-refractivity contribution in [3.05, 3.63) is 36.4 Å². The van der Waals surface area contributed by atoms with E-state index in [2.05, 4.69) is 11.3 Å². The molecule has 0 heterocycles. The summed E-state index contributed by atoms with van der Waals surface area (Å²) in [5.74, 6) is 0.0382. The van der Waals surface area contributed by atoms with Gasteiger partial charge in [0.2, 0.25) is 0 Å². The highest BCUT2D eigenvalue weighted by molar-refractivity contribution is 5.90. The van der Waals surface area contributed by atoms with E-state index < -0.39 is 12.1 Å². The third kappa shape index (κ3) is 4.31. The number of hydrogen-bond acceptors (Lipinski definition) is 5. The van der Waals surface area contributed by atoms with Gasteiger partial charge in [-0.3, -0.25) is 0 Å². The molecule has 0 radical (unpaired) electrons. The first-order valence-corrected chi connectivity index (χ1v) is 5.84. The van der Waals surface area contributed by atoms with Crippen molar-refractivity contribution in [3.63, 3.8) is 0 Å². The van der Waals surface area contributed by atoms with Gasteiger partial charge in [-0.1, -0.05) is 12.7 Å². The molecule has 20 heavy (non-hydrogen) atoms. The van der Waals surface area contributed by atoms with Crippen LogP contribution in [0.3, 0.4) is 0 Å². The van der Waals surface area contributed by atoms with Crippen LogP contribution in [0.2, 0.25) is 0 Å². The first kappa shape index (κ1) is 15.6. The van der Waals surface area contributed by atoms with Crippen LogP contribution in [0, 0.1) is 0 Å². The van der Waals surface area contributed by atoms with Gasteiger partial charge >= 0.3 is 12.1 Å². The molecule has 0 spiro atoms. The number of esters is 1. The highest BCUT2D eigenvalue weighted by Gasteiger charge is 2.13. The molecule has 0 saturated heterocycles. The van der Waals surface area contributed by atoms with Crippen molar-refractivity contribution in [3.8, 4) is 11.5 Å². The van der Waals surface area contributed by atoms with Crippen molar-refractivity contribution in [1.29, 1.82) is 0 Å². The number of rotatable bonds is 5. The Balaban J connectivity index is 3.05. The maximum atomic E-state index is 11.6. The Morgan fingerprint density at radius 3 is 2.45 bits per heavy atom. The fourth-order valence-electron chi connectivity index (χ4n) is 1.30. The van der Waals surface area contributed by atoms with Crippen LogP contribution in [-0.2, 0) is 4.74 Å². The van der Waals surface area contributed by atoms with Gasteiger partial charge in [0.1, 0.15) is 18.1 Å². The number of methoxy groups -OCH3 is 1. The molecule has 0 aliphatic rings. The molecule has 0 fully saturated rings. The Kier molecular flexibility index (Phi) is 5.58. The van der Waals surface area contributed by atoms with E-state index in [1.807, 2.05) is 0 Å². The molecule has 108 valence electrons. The summed E-state index contributed by atoms with van der Waals surface area (Å²) < 4.78 is 15.1. The van der Waals surface area contributed by atoms with E-state index in [0.29, 0.717) is 5.75 Å². The van der Waals surface area contributed by atoms with E-state index in [4.69, 9.17) is 9.47 Å². The summed E-state index contributed by atoms with van der Waals surface area (Å²) >= 11 is 0. The van der Waals surface area contributed by atoms with Gasteiger partial charge in [-0.25, -0.2) is 9.59 Å². The van der Waals surface area contributed by atoms with Gasteiger partial charge in [0.25, 0.3) is 0 Å². The van der Waals surface area contributed by atoms with Gasteiger partial charge in [0.15, 0.2) is 0 Å². The summed E-state index contributed by atoms with van der Waals surface area (Å²) in [6, 6.07) is 4.42. The number of benzene rings is 1. The molecular formula is C14H17NO5. The van der Waals surface area contributed by atoms with Gasteiger partial charge in [-0.2, -0.15) is 0 Å². The summed E-state index contributed by atoms with van der Waals surface area (Å²) in [6.45, 7) is 3.80. The van der Waals surface area contributed by atoms with Crippen molar-refractivity contribution >= 4 is 12.1 Å². The van der Waals surface area contributed by atoms with Crippen LogP contribution in [0.15, 0.2) is 30.9 Å². The third-order valence-corrected chi connectivity index (χ3v) is 2.24. The minimum absolute atomic E-state index is 0.200. The molecule has 0 aliphatic heterocycles. The second-order valence-corrected chi connectivity index (χ2v) is 4.05. The molecule has 0 atom stereocenters. The fourth-order valence-corrected chi connectivity index (χ4v) is 1.30. The van der Waals surface area contributed by atoms with E-state index in [9.17, 15) is 9.59 Å². The van der Waals surface area contributed by atoms with Crippen molar-refractivity contribution in [2.75, 3.05) is 27.8 Å². The Morgan fingerprint density at radius 1 is 1.25 bits per heavy atom. The molecule has 1 aromatic carbocycles. The lowest BCUT2D eigenvalue weighted by Crippen LogP contribution is -2.25. The maximum Gasteiger partial charge on any atom is 0.414 e. The predicted molar refractivity (Wildman–Crippen MR) is 73.2 cm³/mol. The van der Waals surface area contributed by atoms with Gasteiger partial charge < -0.3 is 19.1 Å². The topological polar surface area (TPSA) is 65.1 Å². The SMILES string of the molecule is C=CCOc1cc(OC(=O)N(C)C)cc(C(=O)OC)c1. The molecule has 0 saturated carbocycles. The Morgan fingerprint density at radius 2 is 1.90 bits per heavy atom. The van der Waals surface area contributed by atoms with Gasteiger partial charge in [0, 0.05) is 20.2 Å². The maximum absolute atomic E-state index is 11.6. The smallest absolute Gasteiger partial charge is 0.414 e. The molecule has 0 bridgehead atoms. The molecule has 1 aromatic rings. The normalized spacial score (nSPS) is 9.55. The van der Waals surface area contributed by atoms with Crippen molar-refractivity contribution in [2.24, 2.45) is 0 Å². The zero-order valence-electron chi connectivity index (χ0n) is 11.7. The number of hydrogen-bond donors (Lipinski definition) is 0. The summed E-state index contributed by atoms with van der Waals surface area (Å²) in [5.41, 5.74) is 0.232. The molecule has 0 N–H and O–H groups in total. The average molecular weight is 279 g/mol. The summed E-state index contributed by atoms with van der Waals surface area (Å²) in [6.07, 6.45) is 1.01. The van der Waals surface area contributed by atoms with E-state index in [1.54, 1.807) is 20.2 Å². The molecular weight excluding hydrogens is 262 g/mol. The first-order valence-electron chi connectivity index (χ1n) is 5.84. The van der Waals surface area contributed by atoms with E-state index >= 15 is 0 Å². The van der Waals surface area contributed by atoms with Crippen LogP contribution in [0.1, 0.15) is 10.4 Å². The van der Waals surface area contributed by atoms with Crippen LogP contribution in [0.4, 0.5) is 4.79 Å². The minimum Gasteiger partial charge on any atom is -0.489 e. The number of carbonyl (C=O) groups is 2. The van der Waals surface area contributed by atoms with Gasteiger partial charge in [-0.05, 0) is 12.1 Å². The fraction of sp³-hybridized carbons (Fsp3) is 0.286. The Bertz CT molecular complexity index is 510. The monoisotopic (exact) mass is 279 g/mol. The zero-order valence-corrected chi connectivity index (χ0v) is 11.7. The molecule has 1 amide bonds. The van der Waals surface area contributed by atoms with Crippen molar-refractivity contribution in [2.45, 2.75) is 0 Å². The van der Waals surface area contributed by atoms with Gasteiger partial charge in [0.05, 0.1) is 12.7 Å². The van der Waals surface area contributed by atoms with E-state index in [1.165, 1.54) is 30.2 Å². The Hall–Kier alpha value is -2.50. The molecule has 0 unspecified atom stereocenters. The summed E-state index contributed by atoms with van der Waals surface area (Å²) in [7, 11) is 4.38. The highest BCUT2D eigenvalue weighted by Crippen LogP contribution is 2.24. The number of amides is 1. The number of carbonyl (C=O) groups excluding carboxylic acids is 2. The molecule has 0 aromatic heterocycles. The lowest BCUT2D eigenvalue weighted by molar-refractivity contribution is 0.0599. The second kappa shape index (κ2) is 7.18. The summed E-state index contributed by atoms with van der Waals surface area (Å²) in [4.78, 5) is 24.4. The lowest BCUT2D eigenvalue weighted by atomic mass is 10.2. The standard InChI is InChI=1S/C14H17NO5/c1-5-6-19-11-7-10(13(16)18-4)8-12(9-11)20-14(17)15(2)3/h5,7-9H,1,6H2,2-4H3. The van der Waals surface area contributed by atoms with Gasteiger partial charge in [-0.15, -0.1) is 0 Å². The average Bonchev–Trinajstić information content (AvgIpc) is 2.43.